The third-order valence-corrected chi connectivity index (χ3v) is 2.73. The molecule has 1 fully saturated rings. The molecule has 12 heavy (non-hydrogen) atoms. The molecule has 0 aromatic carbocycles. The summed E-state index contributed by atoms with van der Waals surface area (Å²) in [5.41, 5.74) is 0. The van der Waals surface area contributed by atoms with Crippen LogP contribution in [0.3, 0.4) is 0 Å². The quantitative estimate of drug-likeness (QED) is 0.384. The maximum absolute atomic E-state index is 10.3. The molecule has 0 spiro atoms. The minimum Gasteiger partial charge on any atom is -0.702 e. The standard InChI is InChI=1S/C6H13NO3S.K/c8-11(9,10)7-6-4-2-1-3-5-6;/h6-7H,1-5H2,(H,8,9,10);/q;+1. The van der Waals surface area contributed by atoms with Gasteiger partial charge < -0.3 is 4.55 Å². The van der Waals surface area contributed by atoms with Gasteiger partial charge in [-0.15, -0.1) is 0 Å². The molecule has 0 aromatic heterocycles. The topological polar surface area (TPSA) is 73.8 Å². The Balaban J connectivity index is 0.00000121. The molecule has 66 valence electrons. The molecule has 4 nitrogen and oxygen atoms in total. The van der Waals surface area contributed by atoms with Crippen LogP contribution < -0.4 is 56.1 Å². The van der Waals surface area contributed by atoms with E-state index in [1.54, 1.807) is 0 Å². The Labute approximate surface area is 116 Å². The van der Waals surface area contributed by atoms with Gasteiger partial charge in [0.25, 0.3) is 10.3 Å². The van der Waals surface area contributed by atoms with Crippen molar-refractivity contribution in [2.24, 2.45) is 0 Å². The maximum atomic E-state index is 10.3. The van der Waals surface area contributed by atoms with E-state index in [1.165, 1.54) is 6.42 Å². The Bertz CT molecular complexity index is 211. The zero-order chi connectivity index (χ0) is 8.32. The van der Waals surface area contributed by atoms with Gasteiger partial charge in [-0.2, -0.15) is 8.42 Å². The first-order chi connectivity index (χ1) is 5.08. The van der Waals surface area contributed by atoms with Crippen molar-refractivity contribution in [3.63, 3.8) is 0 Å². The molecule has 0 saturated heterocycles. The van der Waals surface area contributed by atoms with Crippen molar-refractivity contribution in [3.05, 3.63) is 0 Å². The second-order valence-corrected chi connectivity index (χ2v) is 4.28. The molecule has 0 heterocycles. The SMILES string of the molecule is O=S(=O)([O-])[NH2+]C1CCCCC1.[K+]. The van der Waals surface area contributed by atoms with E-state index < -0.39 is 10.3 Å². The van der Waals surface area contributed by atoms with E-state index in [9.17, 15) is 13.0 Å². The summed E-state index contributed by atoms with van der Waals surface area (Å²) >= 11 is 0. The van der Waals surface area contributed by atoms with Crippen molar-refractivity contribution < 1.29 is 69.1 Å². The van der Waals surface area contributed by atoms with Crippen LogP contribution in [0.1, 0.15) is 32.1 Å². The molecule has 1 rings (SSSR count). The third kappa shape index (κ3) is 6.04. The summed E-state index contributed by atoms with van der Waals surface area (Å²) < 4.78 is 31.8. The van der Waals surface area contributed by atoms with E-state index in [4.69, 9.17) is 0 Å². The Kier molecular flexibility index (Phi) is 6.84. The molecule has 0 aromatic rings. The van der Waals surface area contributed by atoms with Crippen molar-refractivity contribution in [1.82, 2.24) is 0 Å². The Morgan fingerprint density at radius 1 is 1.17 bits per heavy atom. The van der Waals surface area contributed by atoms with Gasteiger partial charge in [0.1, 0.15) is 0 Å². The van der Waals surface area contributed by atoms with Crippen molar-refractivity contribution in [3.8, 4) is 0 Å². The minimum absolute atomic E-state index is 0. The summed E-state index contributed by atoms with van der Waals surface area (Å²) in [5.74, 6) is 0. The second kappa shape index (κ2) is 6.08. The first kappa shape index (κ1) is 13.5. The fourth-order valence-electron chi connectivity index (χ4n) is 1.51. The van der Waals surface area contributed by atoms with Crippen LogP contribution in [-0.2, 0) is 10.3 Å². The number of hydrogen-bond acceptors (Lipinski definition) is 3. The molecular weight excluding hydrogens is 205 g/mol. The van der Waals surface area contributed by atoms with Gasteiger partial charge in [0.2, 0.25) is 0 Å². The molecule has 0 amide bonds. The molecule has 1 saturated carbocycles. The van der Waals surface area contributed by atoms with E-state index in [0.29, 0.717) is 0 Å². The van der Waals surface area contributed by atoms with Gasteiger partial charge in [0.05, 0.1) is 6.04 Å². The van der Waals surface area contributed by atoms with Gasteiger partial charge in [-0.05, 0) is 12.8 Å². The molecule has 0 atom stereocenters. The minimum atomic E-state index is -4.10. The molecule has 0 aliphatic heterocycles. The van der Waals surface area contributed by atoms with Gasteiger partial charge >= 0.3 is 51.4 Å². The van der Waals surface area contributed by atoms with Crippen molar-refractivity contribution in [2.75, 3.05) is 0 Å². The number of rotatable bonds is 2. The number of nitrogens with two attached hydrogens (primary N) is 1. The zero-order valence-electron chi connectivity index (χ0n) is 7.32. The van der Waals surface area contributed by atoms with E-state index in [0.717, 1.165) is 30.4 Å². The fourth-order valence-corrected chi connectivity index (χ4v) is 2.25. The Morgan fingerprint density at radius 3 is 2.08 bits per heavy atom. The average molecular weight is 218 g/mol. The second-order valence-electron chi connectivity index (χ2n) is 3.03. The number of hydrogen-bond donors (Lipinski definition) is 1. The molecule has 0 radical (unpaired) electrons. The molecule has 0 bridgehead atoms. The van der Waals surface area contributed by atoms with Crippen LogP contribution >= 0.6 is 0 Å². The van der Waals surface area contributed by atoms with Gasteiger partial charge in [-0.1, -0.05) is 6.42 Å². The van der Waals surface area contributed by atoms with E-state index >= 15 is 0 Å². The molecular formula is C6H13KNO3S+. The summed E-state index contributed by atoms with van der Waals surface area (Å²) in [4.78, 5) is 0. The zero-order valence-corrected chi connectivity index (χ0v) is 11.3. The average Bonchev–Trinajstić information content (AvgIpc) is 1.85. The predicted molar refractivity (Wildman–Crippen MR) is 38.5 cm³/mol. The van der Waals surface area contributed by atoms with E-state index in [2.05, 4.69) is 0 Å². The van der Waals surface area contributed by atoms with E-state index in [-0.39, 0.29) is 57.4 Å². The number of quaternary nitrogens is 1. The molecule has 1 aliphatic carbocycles. The summed E-state index contributed by atoms with van der Waals surface area (Å²) in [6.07, 6.45) is 5.00. The first-order valence-corrected chi connectivity index (χ1v) is 5.36. The summed E-state index contributed by atoms with van der Waals surface area (Å²) in [5, 5.41) is 0. The Morgan fingerprint density at radius 2 is 1.67 bits per heavy atom. The van der Waals surface area contributed by atoms with Crippen molar-refractivity contribution in [2.45, 2.75) is 38.1 Å². The van der Waals surface area contributed by atoms with Crippen molar-refractivity contribution >= 4 is 10.3 Å². The van der Waals surface area contributed by atoms with E-state index in [1.807, 2.05) is 0 Å². The summed E-state index contributed by atoms with van der Waals surface area (Å²) in [7, 11) is -4.10. The molecule has 2 N–H and O–H groups in total. The maximum Gasteiger partial charge on any atom is 1.00 e. The summed E-state index contributed by atoms with van der Waals surface area (Å²) in [6.45, 7) is 0. The van der Waals surface area contributed by atoms with Gasteiger partial charge in [-0.25, -0.2) is 4.72 Å². The third-order valence-electron chi connectivity index (χ3n) is 2.01. The van der Waals surface area contributed by atoms with Crippen LogP contribution in [-0.4, -0.2) is 19.0 Å². The first-order valence-electron chi connectivity index (χ1n) is 3.89. The molecule has 6 heteroatoms. The molecule has 0 unspecified atom stereocenters. The monoisotopic (exact) mass is 218 g/mol. The fraction of sp³-hybridized carbons (Fsp3) is 1.00. The van der Waals surface area contributed by atoms with Crippen LogP contribution in [0.5, 0.6) is 0 Å². The van der Waals surface area contributed by atoms with Gasteiger partial charge in [0, 0.05) is 12.8 Å². The van der Waals surface area contributed by atoms with Crippen LogP contribution in [0, 0.1) is 0 Å². The summed E-state index contributed by atoms with van der Waals surface area (Å²) in [6, 6.07) is 0.0197. The van der Waals surface area contributed by atoms with Crippen LogP contribution in [0.4, 0.5) is 0 Å². The van der Waals surface area contributed by atoms with Crippen LogP contribution in [0.2, 0.25) is 0 Å². The van der Waals surface area contributed by atoms with Crippen LogP contribution in [0.25, 0.3) is 0 Å². The van der Waals surface area contributed by atoms with Crippen molar-refractivity contribution in [1.29, 1.82) is 0 Å². The Hall–Kier alpha value is 1.51. The normalized spacial score (nSPS) is 20.1. The smallest absolute Gasteiger partial charge is 0.702 e. The largest absolute Gasteiger partial charge is 1.00 e. The van der Waals surface area contributed by atoms with Gasteiger partial charge in [0.15, 0.2) is 0 Å². The predicted octanol–water partition coefficient (Wildman–Crippen LogP) is -3.65. The van der Waals surface area contributed by atoms with Gasteiger partial charge in [-0.3, -0.25) is 0 Å². The van der Waals surface area contributed by atoms with Crippen LogP contribution in [0.15, 0.2) is 0 Å². The molecule has 1 aliphatic rings.